The van der Waals surface area contributed by atoms with Gasteiger partial charge in [-0.25, -0.2) is 23.1 Å². The molecule has 1 aromatic rings. The number of thioether (sulfide) groups is 1. The van der Waals surface area contributed by atoms with Gasteiger partial charge in [0.2, 0.25) is 16.0 Å². The van der Waals surface area contributed by atoms with E-state index in [-0.39, 0.29) is 9.64 Å². The minimum absolute atomic E-state index is 0.0393. The maximum absolute atomic E-state index is 12.3. The lowest BCUT2D eigenvalue weighted by molar-refractivity contribution is 0.550. The second kappa shape index (κ2) is 6.93. The van der Waals surface area contributed by atoms with Gasteiger partial charge >= 0.3 is 0 Å². The van der Waals surface area contributed by atoms with E-state index in [0.29, 0.717) is 19.0 Å². The zero-order valence-corrected chi connectivity index (χ0v) is 14.1. The largest absolute Gasteiger partial charge is 0.355 e. The van der Waals surface area contributed by atoms with Gasteiger partial charge < -0.3 is 5.32 Å². The van der Waals surface area contributed by atoms with E-state index in [1.165, 1.54) is 25.2 Å². The number of nitrogens with one attached hydrogen (secondary N) is 2. The minimum Gasteiger partial charge on any atom is -0.355 e. The van der Waals surface area contributed by atoms with E-state index in [0.717, 1.165) is 12.8 Å². The summed E-state index contributed by atoms with van der Waals surface area (Å²) < 4.78 is 27.3. The van der Waals surface area contributed by atoms with E-state index in [1.807, 2.05) is 13.2 Å². The summed E-state index contributed by atoms with van der Waals surface area (Å²) >= 11 is 1.76. The number of hydrogen-bond acceptors (Lipinski definition) is 6. The van der Waals surface area contributed by atoms with E-state index in [4.69, 9.17) is 0 Å². The molecule has 6 nitrogen and oxygen atoms in total. The topological polar surface area (TPSA) is 84.0 Å². The molecule has 1 fully saturated rings. The van der Waals surface area contributed by atoms with Gasteiger partial charge in [-0.1, -0.05) is 12.8 Å². The van der Waals surface area contributed by atoms with Crippen molar-refractivity contribution in [3.05, 3.63) is 12.4 Å². The highest BCUT2D eigenvalue weighted by atomic mass is 32.2. The van der Waals surface area contributed by atoms with Crippen molar-refractivity contribution in [1.82, 2.24) is 14.7 Å². The van der Waals surface area contributed by atoms with E-state index in [1.54, 1.807) is 11.8 Å². The second-order valence-electron chi connectivity index (χ2n) is 5.19. The molecule has 0 aromatic carbocycles. The van der Waals surface area contributed by atoms with Crippen LogP contribution < -0.4 is 10.0 Å². The molecule has 2 N–H and O–H groups in total. The quantitative estimate of drug-likeness (QED) is 0.794. The standard InChI is InChI=1S/C13H22N4O2S2/c1-3-14-12-15-8-11(9-16-12)21(18,19)17-10-13(20-2)6-4-5-7-13/h8-9,17H,3-7,10H2,1-2H3,(H,14,15,16). The van der Waals surface area contributed by atoms with E-state index < -0.39 is 10.0 Å². The van der Waals surface area contributed by atoms with E-state index >= 15 is 0 Å². The summed E-state index contributed by atoms with van der Waals surface area (Å²) in [4.78, 5) is 8.12. The van der Waals surface area contributed by atoms with Crippen LogP contribution in [0.2, 0.25) is 0 Å². The van der Waals surface area contributed by atoms with Crippen LogP contribution in [-0.4, -0.2) is 42.5 Å². The summed E-state index contributed by atoms with van der Waals surface area (Å²) in [5.41, 5.74) is 0. The third-order valence-electron chi connectivity index (χ3n) is 3.81. The summed E-state index contributed by atoms with van der Waals surface area (Å²) in [6.07, 6.45) is 9.20. The number of nitrogens with zero attached hydrogens (tertiary/aromatic N) is 2. The molecule has 0 unspecified atom stereocenters. The molecule has 0 amide bonds. The Morgan fingerprint density at radius 1 is 1.29 bits per heavy atom. The van der Waals surface area contributed by atoms with Crippen molar-refractivity contribution in [2.45, 2.75) is 42.2 Å². The fraction of sp³-hybridized carbons (Fsp3) is 0.692. The predicted octanol–water partition coefficient (Wildman–Crippen LogP) is 1.86. The first-order valence-corrected chi connectivity index (χ1v) is 9.83. The van der Waals surface area contributed by atoms with Gasteiger partial charge in [0.1, 0.15) is 4.90 Å². The molecular weight excluding hydrogens is 308 g/mol. The molecule has 21 heavy (non-hydrogen) atoms. The average molecular weight is 330 g/mol. The molecular formula is C13H22N4O2S2. The van der Waals surface area contributed by atoms with Crippen molar-refractivity contribution in [2.75, 3.05) is 24.7 Å². The molecule has 1 aliphatic carbocycles. The predicted molar refractivity (Wildman–Crippen MR) is 86.1 cm³/mol. The zero-order valence-electron chi connectivity index (χ0n) is 12.4. The summed E-state index contributed by atoms with van der Waals surface area (Å²) in [5.74, 6) is 0.438. The molecule has 0 atom stereocenters. The van der Waals surface area contributed by atoms with Gasteiger partial charge in [-0.2, -0.15) is 11.8 Å². The van der Waals surface area contributed by atoms with Crippen LogP contribution in [0, 0.1) is 0 Å². The van der Waals surface area contributed by atoms with Gasteiger partial charge in [0.15, 0.2) is 0 Å². The van der Waals surface area contributed by atoms with Crippen molar-refractivity contribution < 1.29 is 8.42 Å². The van der Waals surface area contributed by atoms with Crippen LogP contribution in [0.5, 0.6) is 0 Å². The molecule has 1 heterocycles. The molecule has 1 aliphatic rings. The Kier molecular flexibility index (Phi) is 5.45. The van der Waals surface area contributed by atoms with Gasteiger partial charge in [0, 0.05) is 17.8 Å². The number of hydrogen-bond donors (Lipinski definition) is 2. The van der Waals surface area contributed by atoms with Gasteiger partial charge in [-0.05, 0) is 26.0 Å². The monoisotopic (exact) mass is 330 g/mol. The fourth-order valence-corrected chi connectivity index (χ4v) is 4.51. The first kappa shape index (κ1) is 16.5. The number of sulfonamides is 1. The van der Waals surface area contributed by atoms with Crippen LogP contribution in [0.4, 0.5) is 5.95 Å². The molecule has 8 heteroatoms. The number of aromatic nitrogens is 2. The Hall–Kier alpha value is -0.860. The highest BCUT2D eigenvalue weighted by Crippen LogP contribution is 2.39. The summed E-state index contributed by atoms with van der Waals surface area (Å²) in [6.45, 7) is 3.09. The second-order valence-corrected chi connectivity index (χ2v) is 8.23. The Morgan fingerprint density at radius 3 is 2.43 bits per heavy atom. The van der Waals surface area contributed by atoms with Crippen molar-refractivity contribution in [2.24, 2.45) is 0 Å². The number of rotatable bonds is 7. The molecule has 2 rings (SSSR count). The van der Waals surface area contributed by atoms with E-state index in [2.05, 4.69) is 20.0 Å². The van der Waals surface area contributed by atoms with Crippen LogP contribution in [-0.2, 0) is 10.0 Å². The normalized spacial score (nSPS) is 17.8. The highest BCUT2D eigenvalue weighted by Gasteiger charge is 2.34. The number of anilines is 1. The van der Waals surface area contributed by atoms with E-state index in [9.17, 15) is 8.42 Å². The highest BCUT2D eigenvalue weighted by molar-refractivity contribution is 8.00. The van der Waals surface area contributed by atoms with Crippen LogP contribution in [0.15, 0.2) is 17.3 Å². The molecule has 0 spiro atoms. The van der Waals surface area contributed by atoms with Crippen molar-refractivity contribution >= 4 is 27.7 Å². The summed E-state index contributed by atoms with van der Waals surface area (Å²) in [6, 6.07) is 0. The maximum Gasteiger partial charge on any atom is 0.243 e. The van der Waals surface area contributed by atoms with Crippen LogP contribution in [0.25, 0.3) is 0 Å². The molecule has 0 bridgehead atoms. The molecule has 0 radical (unpaired) electrons. The van der Waals surface area contributed by atoms with Gasteiger partial charge in [-0.15, -0.1) is 0 Å². The molecule has 1 aromatic heterocycles. The maximum atomic E-state index is 12.3. The fourth-order valence-electron chi connectivity index (χ4n) is 2.49. The molecule has 118 valence electrons. The molecule has 0 aliphatic heterocycles. The first-order chi connectivity index (χ1) is 10.0. The molecule has 0 saturated heterocycles. The van der Waals surface area contributed by atoms with Crippen molar-refractivity contribution in [3.63, 3.8) is 0 Å². The minimum atomic E-state index is -3.54. The van der Waals surface area contributed by atoms with Gasteiger partial charge in [0.05, 0.1) is 12.4 Å². The summed E-state index contributed by atoms with van der Waals surface area (Å²) in [7, 11) is -3.54. The Balaban J connectivity index is 2.04. The summed E-state index contributed by atoms with van der Waals surface area (Å²) in [5, 5.41) is 2.94. The van der Waals surface area contributed by atoms with Gasteiger partial charge in [0.25, 0.3) is 0 Å². The van der Waals surface area contributed by atoms with Crippen LogP contribution >= 0.6 is 11.8 Å². The van der Waals surface area contributed by atoms with Crippen molar-refractivity contribution in [3.8, 4) is 0 Å². The third kappa shape index (κ3) is 4.08. The van der Waals surface area contributed by atoms with Crippen LogP contribution in [0.1, 0.15) is 32.6 Å². The average Bonchev–Trinajstić information content (AvgIpc) is 2.96. The Bertz CT molecular complexity index is 554. The molecule has 1 saturated carbocycles. The lowest BCUT2D eigenvalue weighted by atomic mass is 10.1. The Labute approximate surface area is 130 Å². The SMILES string of the molecule is CCNc1ncc(S(=O)(=O)NCC2(SC)CCCC2)cn1. The first-order valence-electron chi connectivity index (χ1n) is 7.12. The Morgan fingerprint density at radius 2 is 1.90 bits per heavy atom. The van der Waals surface area contributed by atoms with Gasteiger partial charge in [-0.3, -0.25) is 0 Å². The zero-order chi connectivity index (χ0) is 15.3. The smallest absolute Gasteiger partial charge is 0.243 e. The lowest BCUT2D eigenvalue weighted by Crippen LogP contribution is -2.38. The lowest BCUT2D eigenvalue weighted by Gasteiger charge is -2.26. The van der Waals surface area contributed by atoms with Crippen LogP contribution in [0.3, 0.4) is 0 Å². The van der Waals surface area contributed by atoms with Crippen molar-refractivity contribution in [1.29, 1.82) is 0 Å². The third-order valence-corrected chi connectivity index (χ3v) is 6.58.